The van der Waals surface area contributed by atoms with Crippen molar-refractivity contribution in [3.05, 3.63) is 23.9 Å². The van der Waals surface area contributed by atoms with E-state index in [1.165, 1.54) is 0 Å². The van der Waals surface area contributed by atoms with E-state index in [4.69, 9.17) is 5.11 Å². The molecular formula is C9H9N3O2. The minimum atomic E-state index is -1.06. The standard InChI is InChI=1S/C9H9N3O2/c1-5-7-4-6(10-9(13)14)2-3-8(7)12-11-5/h2-4,10H,1H3,(H,11,12)(H,13,14). The van der Waals surface area contributed by atoms with E-state index in [2.05, 4.69) is 15.5 Å². The van der Waals surface area contributed by atoms with Crippen molar-refractivity contribution in [2.24, 2.45) is 0 Å². The summed E-state index contributed by atoms with van der Waals surface area (Å²) in [5.74, 6) is 0. The Bertz CT molecular complexity index is 490. The highest BCUT2D eigenvalue weighted by atomic mass is 16.4. The second kappa shape index (κ2) is 3.02. The Hall–Kier alpha value is -2.04. The van der Waals surface area contributed by atoms with Crippen molar-refractivity contribution in [3.63, 3.8) is 0 Å². The number of nitrogens with zero attached hydrogens (tertiary/aromatic N) is 1. The van der Waals surface area contributed by atoms with Crippen LogP contribution in [0.3, 0.4) is 0 Å². The molecule has 0 aliphatic carbocycles. The molecule has 0 fully saturated rings. The summed E-state index contributed by atoms with van der Waals surface area (Å²) in [5.41, 5.74) is 2.31. The third-order valence-electron chi connectivity index (χ3n) is 2.00. The highest BCUT2D eigenvalue weighted by Crippen LogP contribution is 2.19. The molecule has 14 heavy (non-hydrogen) atoms. The van der Waals surface area contributed by atoms with Crippen molar-refractivity contribution in [3.8, 4) is 0 Å². The quantitative estimate of drug-likeness (QED) is 0.644. The maximum absolute atomic E-state index is 10.4. The van der Waals surface area contributed by atoms with E-state index in [0.29, 0.717) is 5.69 Å². The third-order valence-corrected chi connectivity index (χ3v) is 2.00. The van der Waals surface area contributed by atoms with Crippen LogP contribution in [-0.2, 0) is 0 Å². The number of hydrogen-bond acceptors (Lipinski definition) is 2. The molecule has 0 radical (unpaired) electrons. The predicted octanol–water partition coefficient (Wildman–Crippen LogP) is 1.96. The summed E-state index contributed by atoms with van der Waals surface area (Å²) >= 11 is 0. The van der Waals surface area contributed by atoms with Gasteiger partial charge in [-0.2, -0.15) is 5.10 Å². The molecule has 0 spiro atoms. The van der Waals surface area contributed by atoms with E-state index in [1.54, 1.807) is 18.2 Å². The van der Waals surface area contributed by atoms with Crippen LogP contribution in [0.2, 0.25) is 0 Å². The van der Waals surface area contributed by atoms with Gasteiger partial charge in [-0.05, 0) is 25.1 Å². The first-order valence-corrected chi connectivity index (χ1v) is 4.11. The average Bonchev–Trinajstić information content (AvgIpc) is 2.47. The van der Waals surface area contributed by atoms with Crippen molar-refractivity contribution < 1.29 is 9.90 Å². The maximum atomic E-state index is 10.4. The minimum absolute atomic E-state index is 0.550. The van der Waals surface area contributed by atoms with Crippen molar-refractivity contribution in [2.75, 3.05) is 5.32 Å². The number of fused-ring (bicyclic) bond motifs is 1. The number of hydrogen-bond donors (Lipinski definition) is 3. The van der Waals surface area contributed by atoms with E-state index in [0.717, 1.165) is 16.6 Å². The van der Waals surface area contributed by atoms with Gasteiger partial charge in [-0.25, -0.2) is 4.79 Å². The number of nitrogens with one attached hydrogen (secondary N) is 2. The molecule has 1 aromatic heterocycles. The smallest absolute Gasteiger partial charge is 0.409 e. The fourth-order valence-electron chi connectivity index (χ4n) is 1.35. The highest BCUT2D eigenvalue weighted by molar-refractivity contribution is 5.89. The monoisotopic (exact) mass is 191 g/mol. The van der Waals surface area contributed by atoms with E-state index >= 15 is 0 Å². The number of benzene rings is 1. The number of carboxylic acid groups (broad SMARTS) is 1. The fraction of sp³-hybridized carbons (Fsp3) is 0.111. The Balaban J connectivity index is 2.49. The lowest BCUT2D eigenvalue weighted by molar-refractivity contribution is 0.210. The first kappa shape index (κ1) is 8.55. The van der Waals surface area contributed by atoms with Crippen LogP contribution < -0.4 is 5.32 Å². The highest BCUT2D eigenvalue weighted by Gasteiger charge is 2.03. The normalized spacial score (nSPS) is 10.4. The van der Waals surface area contributed by atoms with Crippen molar-refractivity contribution in [1.29, 1.82) is 0 Å². The zero-order chi connectivity index (χ0) is 10.1. The Morgan fingerprint density at radius 2 is 2.36 bits per heavy atom. The fourth-order valence-corrected chi connectivity index (χ4v) is 1.35. The van der Waals surface area contributed by atoms with Crippen LogP contribution in [-0.4, -0.2) is 21.4 Å². The molecule has 5 nitrogen and oxygen atoms in total. The zero-order valence-electron chi connectivity index (χ0n) is 7.53. The van der Waals surface area contributed by atoms with Crippen LogP contribution >= 0.6 is 0 Å². The first-order chi connectivity index (χ1) is 6.66. The van der Waals surface area contributed by atoms with Gasteiger partial charge in [-0.3, -0.25) is 10.4 Å². The number of amides is 1. The third kappa shape index (κ3) is 1.39. The number of carbonyl (C=O) groups is 1. The number of aromatic amines is 1. The molecule has 0 bridgehead atoms. The van der Waals surface area contributed by atoms with Crippen molar-refractivity contribution in [1.82, 2.24) is 10.2 Å². The Morgan fingerprint density at radius 1 is 1.57 bits per heavy atom. The summed E-state index contributed by atoms with van der Waals surface area (Å²) in [6, 6.07) is 5.23. The van der Waals surface area contributed by atoms with Gasteiger partial charge in [-0.15, -0.1) is 0 Å². The molecule has 1 aromatic carbocycles. The summed E-state index contributed by atoms with van der Waals surface area (Å²) in [6.45, 7) is 1.86. The molecule has 5 heteroatoms. The minimum Gasteiger partial charge on any atom is -0.465 e. The molecule has 72 valence electrons. The molecule has 0 saturated carbocycles. The predicted molar refractivity (Wildman–Crippen MR) is 52.5 cm³/mol. The lowest BCUT2D eigenvalue weighted by Gasteiger charge is -1.99. The van der Waals surface area contributed by atoms with E-state index in [1.807, 2.05) is 6.92 Å². The zero-order valence-corrected chi connectivity index (χ0v) is 7.53. The van der Waals surface area contributed by atoms with Crippen LogP contribution in [0.15, 0.2) is 18.2 Å². The van der Waals surface area contributed by atoms with E-state index < -0.39 is 6.09 Å². The van der Waals surface area contributed by atoms with Crippen molar-refractivity contribution >= 4 is 22.7 Å². The average molecular weight is 191 g/mol. The number of aryl methyl sites for hydroxylation is 1. The van der Waals surface area contributed by atoms with Gasteiger partial charge in [-0.1, -0.05) is 0 Å². The molecule has 2 rings (SSSR count). The lowest BCUT2D eigenvalue weighted by atomic mass is 10.2. The molecule has 0 unspecified atom stereocenters. The number of aromatic nitrogens is 2. The van der Waals surface area contributed by atoms with Gasteiger partial charge in [0.05, 0.1) is 11.2 Å². The van der Waals surface area contributed by atoms with Crippen LogP contribution in [0.1, 0.15) is 5.69 Å². The van der Waals surface area contributed by atoms with Crippen LogP contribution in [0, 0.1) is 6.92 Å². The number of H-pyrrole nitrogens is 1. The Kier molecular flexibility index (Phi) is 1.85. The lowest BCUT2D eigenvalue weighted by Crippen LogP contribution is -2.06. The van der Waals surface area contributed by atoms with Gasteiger partial charge in [0.15, 0.2) is 0 Å². The molecular weight excluding hydrogens is 182 g/mol. The Morgan fingerprint density at radius 3 is 3.07 bits per heavy atom. The van der Waals surface area contributed by atoms with Gasteiger partial charge in [0, 0.05) is 11.1 Å². The van der Waals surface area contributed by atoms with Gasteiger partial charge >= 0.3 is 6.09 Å². The molecule has 1 amide bonds. The molecule has 0 atom stereocenters. The SMILES string of the molecule is Cc1n[nH]c2ccc(NC(=O)O)cc12. The van der Waals surface area contributed by atoms with E-state index in [-0.39, 0.29) is 0 Å². The summed E-state index contributed by atoms with van der Waals surface area (Å²) in [6.07, 6.45) is -1.06. The second-order valence-corrected chi connectivity index (χ2v) is 3.00. The van der Waals surface area contributed by atoms with Crippen LogP contribution in [0.25, 0.3) is 10.9 Å². The molecule has 0 saturated heterocycles. The van der Waals surface area contributed by atoms with Gasteiger partial charge in [0.1, 0.15) is 0 Å². The molecule has 2 aromatic rings. The van der Waals surface area contributed by atoms with Crippen LogP contribution in [0.4, 0.5) is 10.5 Å². The van der Waals surface area contributed by atoms with Crippen LogP contribution in [0.5, 0.6) is 0 Å². The summed E-state index contributed by atoms with van der Waals surface area (Å²) in [4.78, 5) is 10.4. The number of rotatable bonds is 1. The summed E-state index contributed by atoms with van der Waals surface area (Å²) in [5, 5.41) is 18.6. The maximum Gasteiger partial charge on any atom is 0.409 e. The largest absolute Gasteiger partial charge is 0.465 e. The molecule has 1 heterocycles. The topological polar surface area (TPSA) is 78.0 Å². The van der Waals surface area contributed by atoms with Gasteiger partial charge in [0.2, 0.25) is 0 Å². The van der Waals surface area contributed by atoms with Crippen molar-refractivity contribution in [2.45, 2.75) is 6.92 Å². The molecule has 0 aliphatic heterocycles. The number of anilines is 1. The molecule has 0 aliphatic rings. The van der Waals surface area contributed by atoms with Gasteiger partial charge in [0.25, 0.3) is 0 Å². The second-order valence-electron chi connectivity index (χ2n) is 3.00. The Labute approximate surface area is 79.7 Å². The summed E-state index contributed by atoms with van der Waals surface area (Å²) in [7, 11) is 0. The van der Waals surface area contributed by atoms with Gasteiger partial charge < -0.3 is 5.11 Å². The first-order valence-electron chi connectivity index (χ1n) is 4.11. The summed E-state index contributed by atoms with van der Waals surface area (Å²) < 4.78 is 0. The van der Waals surface area contributed by atoms with E-state index in [9.17, 15) is 4.79 Å². The molecule has 3 N–H and O–H groups in total.